The van der Waals surface area contributed by atoms with Crippen molar-refractivity contribution in [3.63, 3.8) is 0 Å². The van der Waals surface area contributed by atoms with Gasteiger partial charge in [-0.15, -0.1) is 4.57 Å². The zero-order valence-electron chi connectivity index (χ0n) is 18.9. The predicted octanol–water partition coefficient (Wildman–Crippen LogP) is 3.53. The Bertz CT molecular complexity index is 1540. The second-order valence-corrected chi connectivity index (χ2v) is 10.0. The van der Waals surface area contributed by atoms with Crippen LogP contribution in [0.5, 0.6) is 5.75 Å². The van der Waals surface area contributed by atoms with Crippen LogP contribution < -0.4 is 15.6 Å². The molecule has 0 saturated carbocycles. The number of carbonyl (C=O) groups is 1. The predicted molar refractivity (Wildman–Crippen MR) is 126 cm³/mol. The highest BCUT2D eigenvalue weighted by Gasteiger charge is 2.18. The van der Waals surface area contributed by atoms with Gasteiger partial charge in [0.05, 0.1) is 22.0 Å². The summed E-state index contributed by atoms with van der Waals surface area (Å²) in [5, 5.41) is 2.73. The second kappa shape index (κ2) is 9.14. The molecule has 0 bridgehead atoms. The Morgan fingerprint density at radius 3 is 2.53 bits per heavy atom. The van der Waals surface area contributed by atoms with Crippen molar-refractivity contribution in [2.24, 2.45) is 0 Å². The highest BCUT2D eigenvalue weighted by Crippen LogP contribution is 2.29. The fourth-order valence-corrected chi connectivity index (χ4v) is 4.20. The summed E-state index contributed by atoms with van der Waals surface area (Å²) in [7, 11) is -3.51. The first-order valence-electron chi connectivity index (χ1n) is 10.5. The van der Waals surface area contributed by atoms with Crippen LogP contribution in [0.4, 0.5) is 5.69 Å². The van der Waals surface area contributed by atoms with E-state index in [2.05, 4.69) is 10.3 Å². The number of nitrogens with one attached hydrogen (secondary N) is 1. The van der Waals surface area contributed by atoms with Crippen LogP contribution in [0, 0.1) is 13.8 Å². The molecule has 0 aliphatic heterocycles. The van der Waals surface area contributed by atoms with Gasteiger partial charge < -0.3 is 14.6 Å². The van der Waals surface area contributed by atoms with E-state index in [1.54, 1.807) is 32.0 Å². The third-order valence-electron chi connectivity index (χ3n) is 5.15. The van der Waals surface area contributed by atoms with Crippen LogP contribution >= 0.6 is 0 Å². The maximum atomic E-state index is 12.8. The molecule has 0 fully saturated rings. The lowest BCUT2D eigenvalue weighted by Gasteiger charge is -2.14. The molecule has 176 valence electrons. The number of rotatable bonds is 7. The SMILES string of the molecule is CCS(=O)(=O)c1ccc(OCc2cc(=O)n3oc(C)cc3n2)c(NC(=O)c2ccc(C)cc2)c1. The van der Waals surface area contributed by atoms with Crippen LogP contribution in [0.15, 0.2) is 68.8 Å². The van der Waals surface area contributed by atoms with Gasteiger partial charge in [0.1, 0.15) is 18.1 Å². The molecule has 4 aromatic rings. The Morgan fingerprint density at radius 1 is 1.09 bits per heavy atom. The van der Waals surface area contributed by atoms with Gasteiger partial charge in [0, 0.05) is 17.7 Å². The van der Waals surface area contributed by atoms with Crippen LogP contribution in [-0.2, 0) is 16.4 Å². The average Bonchev–Trinajstić information content (AvgIpc) is 3.19. The quantitative estimate of drug-likeness (QED) is 0.429. The minimum absolute atomic E-state index is 0.0632. The molecule has 9 nitrogen and oxygen atoms in total. The molecule has 1 amide bonds. The largest absolute Gasteiger partial charge is 0.485 e. The van der Waals surface area contributed by atoms with Gasteiger partial charge in [-0.3, -0.25) is 9.59 Å². The van der Waals surface area contributed by atoms with E-state index in [1.165, 1.54) is 24.3 Å². The number of hydrogen-bond donors (Lipinski definition) is 1. The van der Waals surface area contributed by atoms with E-state index >= 15 is 0 Å². The first-order valence-corrected chi connectivity index (χ1v) is 12.2. The van der Waals surface area contributed by atoms with Gasteiger partial charge in [-0.2, -0.15) is 0 Å². The van der Waals surface area contributed by atoms with E-state index in [1.807, 2.05) is 19.1 Å². The van der Waals surface area contributed by atoms with E-state index < -0.39 is 21.3 Å². The van der Waals surface area contributed by atoms with Crippen molar-refractivity contribution in [1.29, 1.82) is 0 Å². The van der Waals surface area contributed by atoms with Gasteiger partial charge >= 0.3 is 0 Å². The van der Waals surface area contributed by atoms with Gasteiger partial charge in [-0.05, 0) is 44.2 Å². The van der Waals surface area contributed by atoms with E-state index in [0.29, 0.717) is 22.7 Å². The number of ether oxygens (including phenoxy) is 1. The molecule has 0 aliphatic rings. The lowest BCUT2D eigenvalue weighted by molar-refractivity contribution is 0.102. The molecule has 2 heterocycles. The summed E-state index contributed by atoms with van der Waals surface area (Å²) in [6.07, 6.45) is 0. The van der Waals surface area contributed by atoms with Crippen LogP contribution in [0.2, 0.25) is 0 Å². The number of carbonyl (C=O) groups excluding carboxylic acids is 1. The lowest BCUT2D eigenvalue weighted by Crippen LogP contribution is -2.16. The number of hydrogen-bond acceptors (Lipinski definition) is 7. The molecule has 0 aliphatic carbocycles. The molecule has 0 unspecified atom stereocenters. The Morgan fingerprint density at radius 2 is 1.82 bits per heavy atom. The first-order chi connectivity index (χ1) is 16.2. The van der Waals surface area contributed by atoms with Crippen molar-refractivity contribution in [2.75, 3.05) is 11.1 Å². The lowest BCUT2D eigenvalue weighted by atomic mass is 10.1. The van der Waals surface area contributed by atoms with Gasteiger partial charge in [0.15, 0.2) is 15.5 Å². The number of amides is 1. The third kappa shape index (κ3) is 4.86. The molecular weight excluding hydrogens is 458 g/mol. The minimum atomic E-state index is -3.51. The molecule has 10 heteroatoms. The molecule has 0 spiro atoms. The Kier molecular flexibility index (Phi) is 6.25. The average molecular weight is 482 g/mol. The number of sulfone groups is 1. The molecule has 0 radical (unpaired) electrons. The summed E-state index contributed by atoms with van der Waals surface area (Å²) in [5.41, 5.74) is 1.92. The van der Waals surface area contributed by atoms with Crippen molar-refractivity contribution >= 4 is 27.1 Å². The summed E-state index contributed by atoms with van der Waals surface area (Å²) >= 11 is 0. The standard InChI is InChI=1S/C24H23N3O6S/c1-4-34(30,31)19-9-10-21(20(13-19)26-24(29)17-7-5-15(2)6-8-17)32-14-18-12-23(28)27-22(25-18)11-16(3)33-27/h5-13H,4,14H2,1-3H3,(H,26,29). The zero-order chi connectivity index (χ0) is 24.5. The smallest absolute Gasteiger partial charge is 0.287 e. The highest BCUT2D eigenvalue weighted by atomic mass is 32.2. The van der Waals surface area contributed by atoms with Crippen molar-refractivity contribution in [3.05, 3.63) is 87.5 Å². The summed E-state index contributed by atoms with van der Waals surface area (Å²) in [5.74, 6) is 0.274. The molecule has 2 aromatic carbocycles. The molecule has 0 atom stereocenters. The van der Waals surface area contributed by atoms with Crippen LogP contribution in [0.3, 0.4) is 0 Å². The van der Waals surface area contributed by atoms with Crippen LogP contribution in [0.1, 0.15) is 34.3 Å². The van der Waals surface area contributed by atoms with Crippen LogP contribution in [-0.4, -0.2) is 29.6 Å². The molecule has 2 aromatic heterocycles. The van der Waals surface area contributed by atoms with Crippen molar-refractivity contribution in [2.45, 2.75) is 32.3 Å². The van der Waals surface area contributed by atoms with E-state index in [4.69, 9.17) is 9.26 Å². The maximum Gasteiger partial charge on any atom is 0.287 e. The fourth-order valence-electron chi connectivity index (χ4n) is 3.29. The van der Waals surface area contributed by atoms with E-state index in [9.17, 15) is 18.0 Å². The number of benzene rings is 2. The third-order valence-corrected chi connectivity index (χ3v) is 6.88. The second-order valence-electron chi connectivity index (χ2n) is 7.75. The van der Waals surface area contributed by atoms with Crippen molar-refractivity contribution < 1.29 is 22.5 Å². The van der Waals surface area contributed by atoms with Gasteiger partial charge in [-0.1, -0.05) is 24.6 Å². The molecule has 1 N–H and O–H groups in total. The van der Waals surface area contributed by atoms with Gasteiger partial charge in [-0.25, -0.2) is 13.4 Å². The summed E-state index contributed by atoms with van der Waals surface area (Å²) in [6, 6.07) is 14.1. The number of aromatic nitrogens is 2. The topological polar surface area (TPSA) is 120 Å². The molecule has 34 heavy (non-hydrogen) atoms. The summed E-state index contributed by atoms with van der Waals surface area (Å²) < 4.78 is 37.0. The van der Waals surface area contributed by atoms with Crippen LogP contribution in [0.25, 0.3) is 5.65 Å². The number of fused-ring (bicyclic) bond motifs is 1. The maximum absolute atomic E-state index is 12.8. The molecular formula is C24H23N3O6S. The molecule has 4 rings (SSSR count). The first kappa shape index (κ1) is 23.2. The van der Waals surface area contributed by atoms with Gasteiger partial charge in [0.2, 0.25) is 0 Å². The molecule has 0 saturated heterocycles. The zero-order valence-corrected chi connectivity index (χ0v) is 19.7. The van der Waals surface area contributed by atoms with E-state index in [0.717, 1.165) is 10.1 Å². The summed E-state index contributed by atoms with van der Waals surface area (Å²) in [6.45, 7) is 5.08. The van der Waals surface area contributed by atoms with Gasteiger partial charge in [0.25, 0.3) is 11.5 Å². The highest BCUT2D eigenvalue weighted by molar-refractivity contribution is 7.91. The van der Waals surface area contributed by atoms with Crippen molar-refractivity contribution in [1.82, 2.24) is 9.56 Å². The Balaban J connectivity index is 1.65. The summed E-state index contributed by atoms with van der Waals surface area (Å²) in [4.78, 5) is 29.5. The number of nitrogens with zero attached hydrogens (tertiary/aromatic N) is 2. The fraction of sp³-hybridized carbons (Fsp3) is 0.208. The monoisotopic (exact) mass is 481 g/mol. The van der Waals surface area contributed by atoms with Crippen molar-refractivity contribution in [3.8, 4) is 5.75 Å². The Hall–Kier alpha value is -3.92. The minimum Gasteiger partial charge on any atom is -0.485 e. The number of aryl methyl sites for hydroxylation is 2. The Labute approximate surface area is 195 Å². The number of anilines is 1. The normalized spacial score (nSPS) is 11.5. The van der Waals surface area contributed by atoms with E-state index in [-0.39, 0.29) is 28.7 Å².